The molecule has 5 heteroatoms. The Balaban J connectivity index is 1.95. The van der Waals surface area contributed by atoms with Gasteiger partial charge in [-0.3, -0.25) is 0 Å². The van der Waals surface area contributed by atoms with Gasteiger partial charge in [0.2, 0.25) is 11.8 Å². The van der Waals surface area contributed by atoms with Crippen LogP contribution in [0.15, 0.2) is 42.6 Å². The van der Waals surface area contributed by atoms with Crippen molar-refractivity contribution in [2.24, 2.45) is 5.73 Å². The number of hydrogen-bond acceptors (Lipinski definition) is 5. The minimum absolute atomic E-state index is 0.0963. The Labute approximate surface area is 106 Å². The molecule has 1 unspecified atom stereocenters. The zero-order valence-electron chi connectivity index (χ0n) is 10.2. The normalized spacial score (nSPS) is 11.9. The molecule has 0 saturated heterocycles. The third kappa shape index (κ3) is 3.18. The van der Waals surface area contributed by atoms with Gasteiger partial charge in [-0.05, 0) is 5.56 Å². The molecule has 5 nitrogen and oxygen atoms in total. The van der Waals surface area contributed by atoms with E-state index in [9.17, 15) is 0 Å². The topological polar surface area (TPSA) is 73.1 Å². The molecule has 0 spiro atoms. The first kappa shape index (κ1) is 12.3. The maximum absolute atomic E-state index is 6.06. The standard InChI is InChI=1S/C13H16N4O/c1-18-12-7-8-15-13(17-12)16-9-11(14)10-5-3-2-4-6-10/h2-8,11H,9,14H2,1H3,(H,15,16,17). The van der Waals surface area contributed by atoms with E-state index < -0.39 is 0 Å². The molecule has 0 radical (unpaired) electrons. The second kappa shape index (κ2) is 5.97. The van der Waals surface area contributed by atoms with E-state index in [0.717, 1.165) is 5.56 Å². The highest BCUT2D eigenvalue weighted by atomic mass is 16.5. The van der Waals surface area contributed by atoms with Crippen LogP contribution < -0.4 is 15.8 Å². The minimum atomic E-state index is -0.0963. The third-order valence-corrected chi connectivity index (χ3v) is 2.55. The van der Waals surface area contributed by atoms with Gasteiger partial charge in [-0.1, -0.05) is 30.3 Å². The van der Waals surface area contributed by atoms with E-state index in [2.05, 4.69) is 15.3 Å². The van der Waals surface area contributed by atoms with Crippen molar-refractivity contribution in [2.45, 2.75) is 6.04 Å². The number of ether oxygens (including phenoxy) is 1. The molecule has 0 amide bonds. The molecule has 3 N–H and O–H groups in total. The van der Waals surface area contributed by atoms with Crippen molar-refractivity contribution in [2.75, 3.05) is 19.0 Å². The van der Waals surface area contributed by atoms with Crippen LogP contribution in [0.2, 0.25) is 0 Å². The second-order valence-corrected chi connectivity index (χ2v) is 3.82. The van der Waals surface area contributed by atoms with Gasteiger partial charge in [0.1, 0.15) is 0 Å². The molecular weight excluding hydrogens is 228 g/mol. The van der Waals surface area contributed by atoms with Crippen molar-refractivity contribution in [1.29, 1.82) is 0 Å². The van der Waals surface area contributed by atoms with Gasteiger partial charge in [-0.25, -0.2) is 4.98 Å². The first-order chi connectivity index (χ1) is 8.79. The lowest BCUT2D eigenvalue weighted by Crippen LogP contribution is -2.21. The summed E-state index contributed by atoms with van der Waals surface area (Å²) in [6.45, 7) is 0.567. The molecule has 1 aromatic carbocycles. The van der Waals surface area contributed by atoms with Crippen LogP contribution >= 0.6 is 0 Å². The molecule has 18 heavy (non-hydrogen) atoms. The molecule has 0 aliphatic heterocycles. The van der Waals surface area contributed by atoms with E-state index in [1.807, 2.05) is 30.3 Å². The molecule has 1 atom stereocenters. The van der Waals surface area contributed by atoms with E-state index in [1.165, 1.54) is 0 Å². The van der Waals surface area contributed by atoms with E-state index in [0.29, 0.717) is 18.4 Å². The summed E-state index contributed by atoms with van der Waals surface area (Å²) in [5.74, 6) is 1.04. The van der Waals surface area contributed by atoms with E-state index in [4.69, 9.17) is 10.5 Å². The summed E-state index contributed by atoms with van der Waals surface area (Å²) in [6.07, 6.45) is 1.64. The lowest BCUT2D eigenvalue weighted by molar-refractivity contribution is 0.397. The summed E-state index contributed by atoms with van der Waals surface area (Å²) in [4.78, 5) is 8.25. The summed E-state index contributed by atoms with van der Waals surface area (Å²) < 4.78 is 5.02. The van der Waals surface area contributed by atoms with E-state index in [1.54, 1.807) is 19.4 Å². The average molecular weight is 244 g/mol. The lowest BCUT2D eigenvalue weighted by Gasteiger charge is -2.13. The van der Waals surface area contributed by atoms with Gasteiger partial charge in [-0.2, -0.15) is 4.98 Å². The molecular formula is C13H16N4O. The van der Waals surface area contributed by atoms with Crippen molar-refractivity contribution in [1.82, 2.24) is 9.97 Å². The van der Waals surface area contributed by atoms with Gasteiger partial charge in [0, 0.05) is 24.8 Å². The Hall–Kier alpha value is -2.14. The van der Waals surface area contributed by atoms with Crippen molar-refractivity contribution >= 4 is 5.95 Å². The van der Waals surface area contributed by atoms with E-state index >= 15 is 0 Å². The van der Waals surface area contributed by atoms with Gasteiger partial charge in [-0.15, -0.1) is 0 Å². The predicted octanol–water partition coefficient (Wildman–Crippen LogP) is 1.60. The third-order valence-electron chi connectivity index (χ3n) is 2.55. The summed E-state index contributed by atoms with van der Waals surface area (Å²) in [7, 11) is 1.57. The molecule has 2 aromatic rings. The van der Waals surface area contributed by atoms with Crippen LogP contribution in [0, 0.1) is 0 Å². The van der Waals surface area contributed by atoms with Gasteiger partial charge in [0.05, 0.1) is 7.11 Å². The Morgan fingerprint density at radius 3 is 2.78 bits per heavy atom. The van der Waals surface area contributed by atoms with Gasteiger partial charge < -0.3 is 15.8 Å². The number of benzene rings is 1. The summed E-state index contributed by atoms with van der Waals surface area (Å²) in [6, 6.07) is 11.5. The number of aromatic nitrogens is 2. The number of nitrogens with zero attached hydrogens (tertiary/aromatic N) is 2. The molecule has 0 bridgehead atoms. The summed E-state index contributed by atoms with van der Waals surface area (Å²) in [5, 5.41) is 3.09. The predicted molar refractivity (Wildman–Crippen MR) is 70.4 cm³/mol. The lowest BCUT2D eigenvalue weighted by atomic mass is 10.1. The zero-order valence-corrected chi connectivity index (χ0v) is 10.2. The van der Waals surface area contributed by atoms with Gasteiger partial charge in [0.25, 0.3) is 0 Å². The number of anilines is 1. The Bertz CT molecular complexity index is 489. The fourth-order valence-electron chi connectivity index (χ4n) is 1.56. The summed E-state index contributed by atoms with van der Waals surface area (Å²) in [5.41, 5.74) is 7.14. The van der Waals surface area contributed by atoms with Crippen LogP contribution in [-0.2, 0) is 0 Å². The van der Waals surface area contributed by atoms with Crippen LogP contribution in [0.1, 0.15) is 11.6 Å². The number of hydrogen-bond donors (Lipinski definition) is 2. The largest absolute Gasteiger partial charge is 0.481 e. The van der Waals surface area contributed by atoms with Crippen LogP contribution in [-0.4, -0.2) is 23.6 Å². The van der Waals surface area contributed by atoms with Crippen molar-refractivity contribution in [3.8, 4) is 5.88 Å². The fourth-order valence-corrected chi connectivity index (χ4v) is 1.56. The molecule has 1 heterocycles. The molecule has 2 rings (SSSR count). The SMILES string of the molecule is COc1ccnc(NCC(N)c2ccccc2)n1. The molecule has 0 saturated carbocycles. The monoisotopic (exact) mass is 244 g/mol. The van der Waals surface area contributed by atoms with Crippen molar-refractivity contribution in [3.63, 3.8) is 0 Å². The number of nitrogens with two attached hydrogens (primary N) is 1. The van der Waals surface area contributed by atoms with Crippen molar-refractivity contribution < 1.29 is 4.74 Å². The van der Waals surface area contributed by atoms with Gasteiger partial charge >= 0.3 is 0 Å². The van der Waals surface area contributed by atoms with Gasteiger partial charge in [0.15, 0.2) is 0 Å². The Morgan fingerprint density at radius 1 is 1.28 bits per heavy atom. The first-order valence-electron chi connectivity index (χ1n) is 5.71. The quantitative estimate of drug-likeness (QED) is 0.835. The molecule has 1 aromatic heterocycles. The highest BCUT2D eigenvalue weighted by Crippen LogP contribution is 2.11. The first-order valence-corrected chi connectivity index (χ1v) is 5.71. The average Bonchev–Trinajstić information content (AvgIpc) is 2.46. The second-order valence-electron chi connectivity index (χ2n) is 3.82. The number of nitrogens with one attached hydrogen (secondary N) is 1. The van der Waals surface area contributed by atoms with Crippen LogP contribution in [0.5, 0.6) is 5.88 Å². The highest BCUT2D eigenvalue weighted by Gasteiger charge is 2.06. The van der Waals surface area contributed by atoms with Crippen LogP contribution in [0.3, 0.4) is 0 Å². The fraction of sp³-hybridized carbons (Fsp3) is 0.231. The summed E-state index contributed by atoms with van der Waals surface area (Å²) >= 11 is 0. The Morgan fingerprint density at radius 2 is 2.06 bits per heavy atom. The van der Waals surface area contributed by atoms with Crippen molar-refractivity contribution in [3.05, 3.63) is 48.2 Å². The number of methoxy groups -OCH3 is 1. The Kier molecular flexibility index (Phi) is 4.09. The maximum Gasteiger partial charge on any atom is 0.226 e. The molecule has 94 valence electrons. The smallest absolute Gasteiger partial charge is 0.226 e. The maximum atomic E-state index is 6.06. The minimum Gasteiger partial charge on any atom is -0.481 e. The van der Waals surface area contributed by atoms with Crippen LogP contribution in [0.25, 0.3) is 0 Å². The molecule has 0 aliphatic rings. The van der Waals surface area contributed by atoms with Crippen LogP contribution in [0.4, 0.5) is 5.95 Å². The number of rotatable bonds is 5. The molecule has 0 aliphatic carbocycles. The van der Waals surface area contributed by atoms with E-state index in [-0.39, 0.29) is 6.04 Å². The highest BCUT2D eigenvalue weighted by molar-refractivity contribution is 5.29. The zero-order chi connectivity index (χ0) is 12.8. The molecule has 0 fully saturated rings.